The maximum absolute atomic E-state index is 13.3. The highest BCUT2D eigenvalue weighted by atomic mass is 16.2. The molecule has 1 unspecified atom stereocenters. The Morgan fingerprint density at radius 2 is 1.63 bits per heavy atom. The maximum Gasteiger partial charge on any atom is 0.226 e. The van der Waals surface area contributed by atoms with Crippen LogP contribution in [0.3, 0.4) is 0 Å². The first kappa shape index (κ1) is 18.5. The third-order valence-electron chi connectivity index (χ3n) is 6.91. The summed E-state index contributed by atoms with van der Waals surface area (Å²) < 4.78 is 0. The molecule has 27 heavy (non-hydrogen) atoms. The van der Waals surface area contributed by atoms with Gasteiger partial charge < -0.3 is 9.80 Å². The number of carbonyl (C=O) groups is 2. The lowest BCUT2D eigenvalue weighted by atomic mass is 9.79. The molecule has 4 nitrogen and oxygen atoms in total. The van der Waals surface area contributed by atoms with Gasteiger partial charge in [0.05, 0.1) is 0 Å². The van der Waals surface area contributed by atoms with Gasteiger partial charge in [-0.25, -0.2) is 0 Å². The van der Waals surface area contributed by atoms with Gasteiger partial charge in [-0.2, -0.15) is 0 Å². The molecule has 1 aliphatic carbocycles. The number of amides is 2. The zero-order valence-electron chi connectivity index (χ0n) is 16.3. The molecule has 1 saturated carbocycles. The largest absolute Gasteiger partial charge is 0.342 e. The molecule has 0 aromatic heterocycles. The summed E-state index contributed by atoms with van der Waals surface area (Å²) in [7, 11) is 0. The fourth-order valence-corrected chi connectivity index (χ4v) is 4.97. The second-order valence-electron chi connectivity index (χ2n) is 8.64. The normalized spacial score (nSPS) is 25.2. The van der Waals surface area contributed by atoms with E-state index < -0.39 is 0 Å². The predicted molar refractivity (Wildman–Crippen MR) is 106 cm³/mol. The molecule has 0 N–H and O–H groups in total. The average molecular weight is 369 g/mol. The van der Waals surface area contributed by atoms with Crippen molar-refractivity contribution >= 4 is 11.8 Å². The first-order valence-corrected chi connectivity index (χ1v) is 10.8. The second-order valence-corrected chi connectivity index (χ2v) is 8.64. The minimum absolute atomic E-state index is 0.150. The Morgan fingerprint density at radius 1 is 0.889 bits per heavy atom. The summed E-state index contributed by atoms with van der Waals surface area (Å²) in [6.07, 6.45) is 8.62. The minimum atomic E-state index is 0.150. The van der Waals surface area contributed by atoms with E-state index in [2.05, 4.69) is 21.9 Å². The first-order valence-electron chi connectivity index (χ1n) is 10.8. The van der Waals surface area contributed by atoms with E-state index >= 15 is 0 Å². The summed E-state index contributed by atoms with van der Waals surface area (Å²) in [4.78, 5) is 29.9. The molecule has 2 amide bonds. The molecule has 2 aliphatic heterocycles. The molecule has 0 spiro atoms. The third-order valence-corrected chi connectivity index (χ3v) is 6.91. The van der Waals surface area contributed by atoms with Crippen LogP contribution < -0.4 is 0 Å². The first-order chi connectivity index (χ1) is 13.2. The van der Waals surface area contributed by atoms with Crippen molar-refractivity contribution in [2.45, 2.75) is 57.9 Å². The number of carbonyl (C=O) groups excluding carboxylic acids is 2. The monoisotopic (exact) mass is 368 g/mol. The van der Waals surface area contributed by atoms with Crippen molar-refractivity contribution in [3.8, 4) is 0 Å². The second kappa shape index (κ2) is 8.45. The van der Waals surface area contributed by atoms with E-state index in [0.717, 1.165) is 71.1 Å². The van der Waals surface area contributed by atoms with Gasteiger partial charge in [0, 0.05) is 38.0 Å². The van der Waals surface area contributed by atoms with E-state index in [4.69, 9.17) is 0 Å². The van der Waals surface area contributed by atoms with Gasteiger partial charge in [-0.1, -0.05) is 43.2 Å². The van der Waals surface area contributed by atoms with Gasteiger partial charge in [0.25, 0.3) is 0 Å². The fraction of sp³-hybridized carbons (Fsp3) is 0.652. The Hall–Kier alpha value is -1.84. The van der Waals surface area contributed by atoms with Crippen molar-refractivity contribution in [3.05, 3.63) is 35.9 Å². The van der Waals surface area contributed by atoms with Crippen LogP contribution >= 0.6 is 0 Å². The summed E-state index contributed by atoms with van der Waals surface area (Å²) in [6.45, 7) is 3.31. The van der Waals surface area contributed by atoms with E-state index in [-0.39, 0.29) is 5.92 Å². The lowest BCUT2D eigenvalue weighted by Gasteiger charge is -2.39. The topological polar surface area (TPSA) is 40.6 Å². The summed E-state index contributed by atoms with van der Waals surface area (Å²) >= 11 is 0. The Morgan fingerprint density at radius 3 is 2.30 bits per heavy atom. The van der Waals surface area contributed by atoms with E-state index in [1.54, 1.807) is 0 Å². The summed E-state index contributed by atoms with van der Waals surface area (Å²) in [6, 6.07) is 10.3. The Balaban J connectivity index is 1.36. The standard InChI is InChI=1S/C23H32N2O2/c26-22(20-9-6-10-20)24-15-12-19(13-16-24)21-11-4-5-14-25(23(21)27)17-18-7-2-1-3-8-18/h1-3,7-8,19-21H,4-6,9-17H2. The molecule has 1 atom stereocenters. The van der Waals surface area contributed by atoms with Gasteiger partial charge in [-0.3, -0.25) is 9.59 Å². The zero-order chi connectivity index (χ0) is 18.6. The SMILES string of the molecule is O=C(C1CCC1)N1CCC(C2CCCCN(Cc3ccccc3)C2=O)CC1. The molecule has 4 heteroatoms. The van der Waals surface area contributed by atoms with Gasteiger partial charge in [-0.15, -0.1) is 0 Å². The molecule has 2 saturated heterocycles. The number of nitrogens with zero attached hydrogens (tertiary/aromatic N) is 2. The van der Waals surface area contributed by atoms with Crippen molar-refractivity contribution in [2.24, 2.45) is 17.8 Å². The lowest BCUT2D eigenvalue weighted by molar-refractivity contribution is -0.141. The lowest BCUT2D eigenvalue weighted by Crippen LogP contribution is -2.46. The van der Waals surface area contributed by atoms with Crippen LogP contribution in [-0.2, 0) is 16.1 Å². The number of hydrogen-bond acceptors (Lipinski definition) is 2. The van der Waals surface area contributed by atoms with Gasteiger partial charge in [0.1, 0.15) is 0 Å². The van der Waals surface area contributed by atoms with Gasteiger partial charge in [-0.05, 0) is 50.0 Å². The highest BCUT2D eigenvalue weighted by molar-refractivity contribution is 5.80. The van der Waals surface area contributed by atoms with Gasteiger partial charge in [0.2, 0.25) is 11.8 Å². The van der Waals surface area contributed by atoms with Crippen LogP contribution in [0.4, 0.5) is 0 Å². The Labute approximate surface area is 162 Å². The van der Waals surface area contributed by atoms with Crippen LogP contribution in [0.1, 0.15) is 56.9 Å². The minimum Gasteiger partial charge on any atom is -0.342 e. The van der Waals surface area contributed by atoms with Gasteiger partial charge >= 0.3 is 0 Å². The Bertz CT molecular complexity index is 648. The van der Waals surface area contributed by atoms with Crippen LogP contribution in [0.15, 0.2) is 30.3 Å². The molecule has 0 radical (unpaired) electrons. The quantitative estimate of drug-likeness (QED) is 0.810. The van der Waals surface area contributed by atoms with Crippen molar-refractivity contribution in [1.29, 1.82) is 0 Å². The number of hydrogen-bond donors (Lipinski definition) is 0. The van der Waals surface area contributed by atoms with Crippen molar-refractivity contribution in [2.75, 3.05) is 19.6 Å². The van der Waals surface area contributed by atoms with E-state index in [0.29, 0.717) is 23.7 Å². The predicted octanol–water partition coefficient (Wildman–Crippen LogP) is 3.85. The summed E-state index contributed by atoms with van der Waals surface area (Å²) in [5.41, 5.74) is 1.22. The summed E-state index contributed by atoms with van der Waals surface area (Å²) in [5, 5.41) is 0. The van der Waals surface area contributed by atoms with Crippen molar-refractivity contribution in [3.63, 3.8) is 0 Å². The number of rotatable bonds is 4. The number of benzene rings is 1. The van der Waals surface area contributed by atoms with Crippen molar-refractivity contribution < 1.29 is 9.59 Å². The highest BCUT2D eigenvalue weighted by Crippen LogP contribution is 2.35. The molecule has 2 heterocycles. The third kappa shape index (κ3) is 4.20. The molecule has 1 aromatic rings. The molecular weight excluding hydrogens is 336 g/mol. The van der Waals surface area contributed by atoms with Crippen LogP contribution in [-0.4, -0.2) is 41.2 Å². The summed E-state index contributed by atoms with van der Waals surface area (Å²) in [5.74, 6) is 1.61. The van der Waals surface area contributed by atoms with E-state index in [1.807, 2.05) is 18.2 Å². The fourth-order valence-electron chi connectivity index (χ4n) is 4.97. The molecule has 3 fully saturated rings. The van der Waals surface area contributed by atoms with Crippen LogP contribution in [0, 0.1) is 17.8 Å². The zero-order valence-corrected chi connectivity index (χ0v) is 16.3. The molecular formula is C23H32N2O2. The van der Waals surface area contributed by atoms with Crippen LogP contribution in [0.2, 0.25) is 0 Å². The van der Waals surface area contributed by atoms with Crippen LogP contribution in [0.25, 0.3) is 0 Å². The van der Waals surface area contributed by atoms with Crippen molar-refractivity contribution in [1.82, 2.24) is 9.80 Å². The molecule has 1 aromatic carbocycles. The smallest absolute Gasteiger partial charge is 0.226 e. The van der Waals surface area contributed by atoms with Crippen LogP contribution in [0.5, 0.6) is 0 Å². The van der Waals surface area contributed by atoms with E-state index in [9.17, 15) is 9.59 Å². The molecule has 146 valence electrons. The highest BCUT2D eigenvalue weighted by Gasteiger charge is 2.37. The maximum atomic E-state index is 13.3. The number of likely N-dealkylation sites (tertiary alicyclic amines) is 2. The molecule has 0 bridgehead atoms. The molecule has 3 aliphatic rings. The molecule has 4 rings (SSSR count). The van der Waals surface area contributed by atoms with Gasteiger partial charge in [0.15, 0.2) is 0 Å². The Kier molecular flexibility index (Phi) is 5.80. The average Bonchev–Trinajstić information content (AvgIpc) is 2.83. The van der Waals surface area contributed by atoms with E-state index in [1.165, 1.54) is 12.0 Å². The number of piperidine rings is 1.